The van der Waals surface area contributed by atoms with Crippen molar-refractivity contribution in [3.8, 4) is 10.6 Å². The highest BCUT2D eigenvalue weighted by Gasteiger charge is 2.12. The fraction of sp³-hybridized carbons (Fsp3) is 0.357. The minimum atomic E-state index is -0.212. The topological polar surface area (TPSA) is 28.2 Å². The summed E-state index contributed by atoms with van der Waals surface area (Å²) < 4.78 is 13.2. The summed E-state index contributed by atoms with van der Waals surface area (Å²) in [6.07, 6.45) is 0. The summed E-state index contributed by atoms with van der Waals surface area (Å²) in [5, 5.41) is 6.30. The lowest BCUT2D eigenvalue weighted by atomic mass is 10.2. The van der Waals surface area contributed by atoms with E-state index in [4.69, 9.17) is 0 Å². The molecule has 100 valence electrons. The van der Waals surface area contributed by atoms with Gasteiger partial charge in [0.25, 0.3) is 0 Å². The van der Waals surface area contributed by atoms with Gasteiger partial charge in [0.05, 0.1) is 5.69 Å². The molecule has 0 aliphatic carbocycles. The number of aromatic nitrogens is 1. The maximum Gasteiger partial charge on any atom is 0.123 e. The average Bonchev–Trinajstić information content (AvgIpc) is 2.88. The first kappa shape index (κ1) is 12.7. The number of benzene rings is 1. The van der Waals surface area contributed by atoms with E-state index >= 15 is 0 Å². The Morgan fingerprint density at radius 1 is 1.32 bits per heavy atom. The zero-order valence-corrected chi connectivity index (χ0v) is 11.4. The highest BCUT2D eigenvalue weighted by molar-refractivity contribution is 7.13. The first-order valence-corrected chi connectivity index (χ1v) is 7.33. The van der Waals surface area contributed by atoms with Gasteiger partial charge in [-0.1, -0.05) is 12.1 Å². The summed E-state index contributed by atoms with van der Waals surface area (Å²) in [5.41, 5.74) is 1.93. The molecule has 1 N–H and O–H groups in total. The van der Waals surface area contributed by atoms with Crippen molar-refractivity contribution in [1.29, 1.82) is 0 Å². The van der Waals surface area contributed by atoms with Gasteiger partial charge in [0.2, 0.25) is 0 Å². The zero-order chi connectivity index (χ0) is 13.1. The highest BCUT2D eigenvalue weighted by Crippen LogP contribution is 2.24. The molecule has 2 aromatic rings. The molecule has 0 atom stereocenters. The van der Waals surface area contributed by atoms with Crippen LogP contribution in [0.3, 0.4) is 0 Å². The lowest BCUT2D eigenvalue weighted by Crippen LogP contribution is -2.42. The number of nitrogens with zero attached hydrogens (tertiary/aromatic N) is 2. The molecule has 2 heterocycles. The average molecular weight is 277 g/mol. The monoisotopic (exact) mass is 277 g/mol. The van der Waals surface area contributed by atoms with E-state index in [9.17, 15) is 4.39 Å². The van der Waals surface area contributed by atoms with Crippen molar-refractivity contribution in [3.63, 3.8) is 0 Å². The van der Waals surface area contributed by atoms with Crippen molar-refractivity contribution in [2.45, 2.75) is 6.54 Å². The van der Waals surface area contributed by atoms with Gasteiger partial charge in [0.1, 0.15) is 10.8 Å². The normalized spacial score (nSPS) is 16.7. The van der Waals surface area contributed by atoms with E-state index in [1.165, 1.54) is 12.1 Å². The second-order valence-corrected chi connectivity index (χ2v) is 5.54. The molecule has 0 saturated carbocycles. The van der Waals surface area contributed by atoms with Gasteiger partial charge in [-0.2, -0.15) is 0 Å². The standard InChI is InChI=1S/C14H16FN3S/c15-12-3-1-2-11(8-12)14-17-13(10-19-14)9-18-6-4-16-5-7-18/h1-3,8,10,16H,4-7,9H2. The predicted octanol–water partition coefficient (Wildman–Crippen LogP) is 2.35. The Morgan fingerprint density at radius 3 is 2.95 bits per heavy atom. The van der Waals surface area contributed by atoms with Crippen LogP contribution in [0.15, 0.2) is 29.6 Å². The van der Waals surface area contributed by atoms with Gasteiger partial charge < -0.3 is 5.32 Å². The van der Waals surface area contributed by atoms with E-state index in [-0.39, 0.29) is 5.82 Å². The predicted molar refractivity (Wildman–Crippen MR) is 75.7 cm³/mol. The van der Waals surface area contributed by atoms with Crippen molar-refractivity contribution < 1.29 is 4.39 Å². The van der Waals surface area contributed by atoms with E-state index in [1.54, 1.807) is 17.4 Å². The molecule has 0 amide bonds. The van der Waals surface area contributed by atoms with Gasteiger partial charge in [0, 0.05) is 43.7 Å². The summed E-state index contributed by atoms with van der Waals surface area (Å²) in [6.45, 7) is 5.09. The Balaban J connectivity index is 1.72. The van der Waals surface area contributed by atoms with E-state index in [0.29, 0.717) is 0 Å². The minimum Gasteiger partial charge on any atom is -0.314 e. The van der Waals surface area contributed by atoms with Crippen LogP contribution in [0.2, 0.25) is 0 Å². The van der Waals surface area contributed by atoms with Crippen molar-refractivity contribution in [1.82, 2.24) is 15.2 Å². The van der Waals surface area contributed by atoms with E-state index < -0.39 is 0 Å². The number of halogens is 1. The number of nitrogens with one attached hydrogen (secondary N) is 1. The first-order chi connectivity index (χ1) is 9.31. The molecule has 19 heavy (non-hydrogen) atoms. The first-order valence-electron chi connectivity index (χ1n) is 6.45. The van der Waals surface area contributed by atoms with E-state index in [1.807, 2.05) is 6.07 Å². The van der Waals surface area contributed by atoms with Crippen molar-refractivity contribution in [2.24, 2.45) is 0 Å². The fourth-order valence-electron chi connectivity index (χ4n) is 2.23. The van der Waals surface area contributed by atoms with Gasteiger partial charge in [-0.3, -0.25) is 4.90 Å². The van der Waals surface area contributed by atoms with Gasteiger partial charge in [-0.25, -0.2) is 9.37 Å². The number of rotatable bonds is 3. The maximum absolute atomic E-state index is 13.2. The lowest BCUT2D eigenvalue weighted by Gasteiger charge is -2.26. The second kappa shape index (κ2) is 5.77. The fourth-order valence-corrected chi connectivity index (χ4v) is 3.04. The van der Waals surface area contributed by atoms with Crippen molar-refractivity contribution >= 4 is 11.3 Å². The Labute approximate surface area is 116 Å². The molecule has 0 unspecified atom stereocenters. The maximum atomic E-state index is 13.2. The Bertz CT molecular complexity index is 549. The van der Waals surface area contributed by atoms with E-state index in [2.05, 4.69) is 20.6 Å². The van der Waals surface area contributed by atoms with Gasteiger partial charge in [-0.05, 0) is 12.1 Å². The Kier molecular flexibility index (Phi) is 3.87. The van der Waals surface area contributed by atoms with Crippen molar-refractivity contribution in [3.05, 3.63) is 41.2 Å². The van der Waals surface area contributed by atoms with Gasteiger partial charge >= 0.3 is 0 Å². The van der Waals surface area contributed by atoms with Crippen LogP contribution in [0, 0.1) is 5.82 Å². The van der Waals surface area contributed by atoms with Crippen molar-refractivity contribution in [2.75, 3.05) is 26.2 Å². The molecule has 1 saturated heterocycles. The number of thiazole rings is 1. The molecule has 0 spiro atoms. The van der Waals surface area contributed by atoms with Crippen LogP contribution >= 0.6 is 11.3 Å². The minimum absolute atomic E-state index is 0.212. The summed E-state index contributed by atoms with van der Waals surface area (Å²) in [6, 6.07) is 6.62. The van der Waals surface area contributed by atoms with E-state index in [0.717, 1.165) is 49.0 Å². The largest absolute Gasteiger partial charge is 0.314 e. The molecule has 1 aliphatic heterocycles. The molecule has 0 radical (unpaired) electrons. The Morgan fingerprint density at radius 2 is 2.16 bits per heavy atom. The molecular weight excluding hydrogens is 261 g/mol. The smallest absolute Gasteiger partial charge is 0.123 e. The third kappa shape index (κ3) is 3.18. The quantitative estimate of drug-likeness (QED) is 0.933. The molecule has 1 aromatic carbocycles. The SMILES string of the molecule is Fc1cccc(-c2nc(CN3CCNCC3)cs2)c1. The molecule has 3 rings (SSSR count). The molecular formula is C14H16FN3S. The molecule has 3 nitrogen and oxygen atoms in total. The second-order valence-electron chi connectivity index (χ2n) is 4.68. The third-order valence-corrected chi connectivity index (χ3v) is 4.16. The lowest BCUT2D eigenvalue weighted by molar-refractivity contribution is 0.231. The number of hydrogen-bond acceptors (Lipinski definition) is 4. The van der Waals surface area contributed by atoms with Crippen LogP contribution in [0.4, 0.5) is 4.39 Å². The van der Waals surface area contributed by atoms with Crippen LogP contribution < -0.4 is 5.32 Å². The Hall–Kier alpha value is -1.30. The van der Waals surface area contributed by atoms with Crippen LogP contribution in [-0.4, -0.2) is 36.1 Å². The third-order valence-electron chi connectivity index (χ3n) is 3.22. The molecule has 1 fully saturated rings. The molecule has 1 aromatic heterocycles. The van der Waals surface area contributed by atoms with Crippen LogP contribution in [0.25, 0.3) is 10.6 Å². The van der Waals surface area contributed by atoms with Gasteiger partial charge in [0.15, 0.2) is 0 Å². The van der Waals surface area contributed by atoms with Gasteiger partial charge in [-0.15, -0.1) is 11.3 Å². The number of hydrogen-bond donors (Lipinski definition) is 1. The van der Waals surface area contributed by atoms with Crippen LogP contribution in [0.1, 0.15) is 5.69 Å². The zero-order valence-electron chi connectivity index (χ0n) is 10.6. The summed E-state index contributed by atoms with van der Waals surface area (Å²) >= 11 is 1.58. The molecule has 0 bridgehead atoms. The molecule has 5 heteroatoms. The summed E-state index contributed by atoms with van der Waals surface area (Å²) in [7, 11) is 0. The number of piperazine rings is 1. The van der Waals surface area contributed by atoms with Crippen LogP contribution in [-0.2, 0) is 6.54 Å². The highest BCUT2D eigenvalue weighted by atomic mass is 32.1. The van der Waals surface area contributed by atoms with Crippen LogP contribution in [0.5, 0.6) is 0 Å². The summed E-state index contributed by atoms with van der Waals surface area (Å²) in [5.74, 6) is -0.212. The summed E-state index contributed by atoms with van der Waals surface area (Å²) in [4.78, 5) is 7.00. The molecule has 1 aliphatic rings.